The molecule has 0 aliphatic rings. The summed E-state index contributed by atoms with van der Waals surface area (Å²) in [6, 6.07) is 8.60. The quantitative estimate of drug-likeness (QED) is 0.650. The van der Waals surface area contributed by atoms with Crippen LogP contribution in [0.25, 0.3) is 11.0 Å². The molecule has 8 heteroatoms. The number of nitrogens with zero attached hydrogens (tertiary/aromatic N) is 1. The molecular weight excluding hydrogens is 376 g/mol. The van der Waals surface area contributed by atoms with Crippen LogP contribution in [-0.4, -0.2) is 18.5 Å². The van der Waals surface area contributed by atoms with Gasteiger partial charge in [-0.3, -0.25) is 4.79 Å². The number of fused-ring (bicyclic) bond motifs is 1. The number of esters is 1. The molecule has 0 aliphatic carbocycles. The highest BCUT2D eigenvalue weighted by Crippen LogP contribution is 2.33. The van der Waals surface area contributed by atoms with Gasteiger partial charge in [0.05, 0.1) is 12.2 Å². The van der Waals surface area contributed by atoms with Gasteiger partial charge in [-0.25, -0.2) is 4.79 Å². The second kappa shape index (κ2) is 7.20. The van der Waals surface area contributed by atoms with Gasteiger partial charge in [-0.15, -0.1) is 11.3 Å². The molecule has 1 aromatic carbocycles. The topological polar surface area (TPSA) is 92.3 Å². The number of ether oxygens (including phenoxy) is 1. The van der Waals surface area contributed by atoms with Crippen molar-refractivity contribution < 1.29 is 18.7 Å². The highest BCUT2D eigenvalue weighted by Gasteiger charge is 2.23. The number of hydrogen-bond acceptors (Lipinski definition) is 6. The summed E-state index contributed by atoms with van der Waals surface area (Å²) in [7, 11) is 0. The lowest BCUT2D eigenvalue weighted by Crippen LogP contribution is -2.10. The minimum Gasteiger partial charge on any atom is -0.462 e. The first-order valence-electron chi connectivity index (χ1n) is 7.65. The lowest BCUT2D eigenvalue weighted by molar-refractivity contribution is 0.0531. The molecule has 0 bridgehead atoms. The molecule has 0 atom stereocenters. The van der Waals surface area contributed by atoms with Gasteiger partial charge >= 0.3 is 5.97 Å². The number of amides is 1. The minimum atomic E-state index is -0.523. The van der Waals surface area contributed by atoms with Crippen LogP contribution in [0, 0.1) is 18.3 Å². The number of anilines is 1. The van der Waals surface area contributed by atoms with Gasteiger partial charge in [0.25, 0.3) is 5.91 Å². The molecule has 0 aliphatic heterocycles. The molecule has 6 nitrogen and oxygen atoms in total. The molecule has 0 radical (unpaired) electrons. The summed E-state index contributed by atoms with van der Waals surface area (Å²) in [4.78, 5) is 24.8. The maximum atomic E-state index is 12.5. The summed E-state index contributed by atoms with van der Waals surface area (Å²) in [5.41, 5.74) is 1.22. The SMILES string of the molecule is CCOC(=O)c1sc(NC(=O)c2cc3cc(Cl)ccc3o2)c(C#N)c1C. The highest BCUT2D eigenvalue weighted by atomic mass is 35.5. The summed E-state index contributed by atoms with van der Waals surface area (Å²) in [5, 5.41) is 13.5. The molecule has 0 spiro atoms. The Morgan fingerprint density at radius 1 is 1.38 bits per heavy atom. The van der Waals surface area contributed by atoms with E-state index < -0.39 is 11.9 Å². The summed E-state index contributed by atoms with van der Waals surface area (Å²) >= 11 is 6.93. The Kier molecular flexibility index (Phi) is 4.98. The Hall–Kier alpha value is -2.82. The van der Waals surface area contributed by atoms with Crippen molar-refractivity contribution in [1.29, 1.82) is 5.26 Å². The molecule has 1 N–H and O–H groups in total. The van der Waals surface area contributed by atoms with Crippen molar-refractivity contribution in [3.05, 3.63) is 51.1 Å². The van der Waals surface area contributed by atoms with Gasteiger partial charge in [-0.05, 0) is 43.7 Å². The van der Waals surface area contributed by atoms with E-state index in [0.29, 0.717) is 21.6 Å². The predicted molar refractivity (Wildman–Crippen MR) is 98.9 cm³/mol. The van der Waals surface area contributed by atoms with Gasteiger partial charge in [0, 0.05) is 10.4 Å². The molecule has 0 fully saturated rings. The molecule has 2 heterocycles. The molecular formula is C18H13ClN2O4S. The Morgan fingerprint density at radius 2 is 2.15 bits per heavy atom. The lowest BCUT2D eigenvalue weighted by atomic mass is 10.2. The average Bonchev–Trinajstić information content (AvgIpc) is 3.15. The number of carbonyl (C=O) groups is 2. The van der Waals surface area contributed by atoms with Crippen LogP contribution in [0.2, 0.25) is 5.02 Å². The van der Waals surface area contributed by atoms with Crippen LogP contribution in [0.4, 0.5) is 5.00 Å². The van der Waals surface area contributed by atoms with Crippen molar-refractivity contribution in [3.8, 4) is 6.07 Å². The minimum absolute atomic E-state index is 0.0786. The summed E-state index contributed by atoms with van der Waals surface area (Å²) in [6.07, 6.45) is 0. The first kappa shape index (κ1) is 18.0. The van der Waals surface area contributed by atoms with Crippen molar-refractivity contribution in [2.75, 3.05) is 11.9 Å². The number of benzene rings is 1. The maximum Gasteiger partial charge on any atom is 0.348 e. The molecule has 26 heavy (non-hydrogen) atoms. The van der Waals surface area contributed by atoms with Crippen molar-refractivity contribution >= 4 is 50.8 Å². The van der Waals surface area contributed by atoms with Gasteiger partial charge < -0.3 is 14.5 Å². The van der Waals surface area contributed by atoms with Crippen molar-refractivity contribution in [1.82, 2.24) is 0 Å². The Bertz CT molecular complexity index is 1060. The smallest absolute Gasteiger partial charge is 0.348 e. The predicted octanol–water partition coefficient (Wildman–Crippen LogP) is 4.76. The van der Waals surface area contributed by atoms with Crippen LogP contribution in [0.15, 0.2) is 28.7 Å². The second-order valence-electron chi connectivity index (χ2n) is 5.34. The number of nitriles is 1. The maximum absolute atomic E-state index is 12.5. The molecule has 132 valence electrons. The third-order valence-electron chi connectivity index (χ3n) is 3.65. The van der Waals surface area contributed by atoms with Gasteiger partial charge in [-0.2, -0.15) is 5.26 Å². The van der Waals surface area contributed by atoms with E-state index in [9.17, 15) is 14.9 Å². The van der Waals surface area contributed by atoms with Gasteiger partial charge in [0.15, 0.2) is 5.76 Å². The number of hydrogen-bond donors (Lipinski definition) is 1. The largest absolute Gasteiger partial charge is 0.462 e. The zero-order valence-electron chi connectivity index (χ0n) is 13.9. The van der Waals surface area contributed by atoms with E-state index in [2.05, 4.69) is 5.32 Å². The van der Waals surface area contributed by atoms with Crippen LogP contribution >= 0.6 is 22.9 Å². The molecule has 1 amide bonds. The van der Waals surface area contributed by atoms with Crippen molar-refractivity contribution in [3.63, 3.8) is 0 Å². The second-order valence-corrected chi connectivity index (χ2v) is 6.80. The van der Waals surface area contributed by atoms with Gasteiger partial charge in [0.1, 0.15) is 21.5 Å². The molecule has 2 aromatic heterocycles. The Morgan fingerprint density at radius 3 is 2.85 bits per heavy atom. The van der Waals surface area contributed by atoms with E-state index in [4.69, 9.17) is 20.8 Å². The third-order valence-corrected chi connectivity index (χ3v) is 5.07. The molecule has 3 rings (SSSR count). The van der Waals surface area contributed by atoms with Crippen LogP contribution in [-0.2, 0) is 4.74 Å². The fourth-order valence-corrected chi connectivity index (χ4v) is 3.64. The number of thiophene rings is 1. The van der Waals surface area contributed by atoms with Crippen LogP contribution in [0.3, 0.4) is 0 Å². The van der Waals surface area contributed by atoms with E-state index in [0.717, 1.165) is 11.3 Å². The Labute approximate surface area is 157 Å². The van der Waals surface area contributed by atoms with Crippen LogP contribution in [0.1, 0.15) is 38.3 Å². The van der Waals surface area contributed by atoms with E-state index in [1.165, 1.54) is 0 Å². The van der Waals surface area contributed by atoms with Gasteiger partial charge in [-0.1, -0.05) is 11.6 Å². The zero-order valence-corrected chi connectivity index (χ0v) is 15.5. The van der Waals surface area contributed by atoms with Gasteiger partial charge in [0.2, 0.25) is 0 Å². The molecule has 0 saturated carbocycles. The highest BCUT2D eigenvalue weighted by molar-refractivity contribution is 7.18. The first-order chi connectivity index (χ1) is 12.4. The normalized spacial score (nSPS) is 10.5. The summed E-state index contributed by atoms with van der Waals surface area (Å²) in [6.45, 7) is 3.56. The Balaban J connectivity index is 1.92. The van der Waals surface area contributed by atoms with Crippen LogP contribution < -0.4 is 5.32 Å². The van der Waals surface area contributed by atoms with E-state index in [-0.39, 0.29) is 27.8 Å². The summed E-state index contributed by atoms with van der Waals surface area (Å²) in [5.74, 6) is -0.967. The standard InChI is InChI=1S/C18H13ClN2O4S/c1-3-24-18(23)15-9(2)12(8-20)17(26-15)21-16(22)14-7-10-6-11(19)4-5-13(10)25-14/h4-7H,3H2,1-2H3,(H,21,22). The number of nitrogens with one attached hydrogen (secondary N) is 1. The van der Waals surface area contributed by atoms with Crippen molar-refractivity contribution in [2.24, 2.45) is 0 Å². The monoisotopic (exact) mass is 388 g/mol. The molecule has 0 unspecified atom stereocenters. The average molecular weight is 389 g/mol. The fraction of sp³-hybridized carbons (Fsp3) is 0.167. The lowest BCUT2D eigenvalue weighted by Gasteiger charge is -2.00. The first-order valence-corrected chi connectivity index (χ1v) is 8.85. The number of rotatable bonds is 4. The number of furan rings is 1. The van der Waals surface area contributed by atoms with Crippen LogP contribution in [0.5, 0.6) is 0 Å². The number of carbonyl (C=O) groups excluding carboxylic acids is 2. The number of halogens is 1. The third kappa shape index (κ3) is 3.29. The zero-order chi connectivity index (χ0) is 18.8. The molecule has 0 saturated heterocycles. The van der Waals surface area contributed by atoms with E-state index in [1.807, 2.05) is 6.07 Å². The van der Waals surface area contributed by atoms with Crippen molar-refractivity contribution in [2.45, 2.75) is 13.8 Å². The molecule has 3 aromatic rings. The van der Waals surface area contributed by atoms with E-state index >= 15 is 0 Å². The summed E-state index contributed by atoms with van der Waals surface area (Å²) < 4.78 is 10.5. The van der Waals surface area contributed by atoms with E-state index in [1.54, 1.807) is 38.1 Å². The fourth-order valence-electron chi connectivity index (χ4n) is 2.42.